The van der Waals surface area contributed by atoms with E-state index in [1.807, 2.05) is 29.5 Å². The molecular formula is C48H29NO2S. The van der Waals surface area contributed by atoms with E-state index < -0.39 is 0 Å². The molecule has 0 fully saturated rings. The van der Waals surface area contributed by atoms with Gasteiger partial charge >= 0.3 is 0 Å². The lowest BCUT2D eigenvalue weighted by molar-refractivity contribution is 0.669. The van der Waals surface area contributed by atoms with Crippen LogP contribution in [0, 0.1) is 0 Å². The van der Waals surface area contributed by atoms with Crippen LogP contribution in [0.15, 0.2) is 185 Å². The van der Waals surface area contributed by atoms with Gasteiger partial charge < -0.3 is 13.7 Å². The molecule has 3 aromatic heterocycles. The number of rotatable bonds is 5. The fourth-order valence-corrected chi connectivity index (χ4v) is 9.28. The Hall–Kier alpha value is -6.62. The van der Waals surface area contributed by atoms with Crippen LogP contribution in [0.3, 0.4) is 0 Å². The van der Waals surface area contributed by atoms with Gasteiger partial charge in [0.25, 0.3) is 0 Å². The maximum atomic E-state index is 6.43. The van der Waals surface area contributed by atoms with E-state index in [4.69, 9.17) is 8.83 Å². The summed E-state index contributed by atoms with van der Waals surface area (Å²) in [6.07, 6.45) is 0. The maximum Gasteiger partial charge on any atom is 0.143 e. The minimum absolute atomic E-state index is 0.867. The van der Waals surface area contributed by atoms with Gasteiger partial charge in [0.15, 0.2) is 0 Å². The Morgan fingerprint density at radius 2 is 0.942 bits per heavy atom. The highest BCUT2D eigenvalue weighted by atomic mass is 32.1. The number of hydrogen-bond acceptors (Lipinski definition) is 4. The Labute approximate surface area is 303 Å². The number of para-hydroxylation sites is 3. The largest absolute Gasteiger partial charge is 0.456 e. The maximum absolute atomic E-state index is 6.43. The van der Waals surface area contributed by atoms with Gasteiger partial charge in [-0.15, -0.1) is 11.3 Å². The first-order valence-corrected chi connectivity index (χ1v) is 18.3. The zero-order chi connectivity index (χ0) is 34.2. The fraction of sp³-hybridized carbons (Fsp3) is 0. The van der Waals surface area contributed by atoms with Gasteiger partial charge in [-0.2, -0.15) is 0 Å². The molecule has 0 unspecified atom stereocenters. The van der Waals surface area contributed by atoms with E-state index >= 15 is 0 Å². The highest BCUT2D eigenvalue weighted by Crippen LogP contribution is 2.49. The molecule has 0 amide bonds. The lowest BCUT2D eigenvalue weighted by atomic mass is 10.0. The van der Waals surface area contributed by atoms with Crippen LogP contribution in [-0.4, -0.2) is 0 Å². The Morgan fingerprint density at radius 1 is 0.365 bits per heavy atom. The molecule has 0 aliphatic carbocycles. The van der Waals surface area contributed by atoms with Crippen molar-refractivity contribution in [1.82, 2.24) is 0 Å². The van der Waals surface area contributed by atoms with E-state index in [0.29, 0.717) is 0 Å². The van der Waals surface area contributed by atoms with E-state index in [0.717, 1.165) is 72.1 Å². The van der Waals surface area contributed by atoms with Crippen LogP contribution in [0.2, 0.25) is 0 Å². The topological polar surface area (TPSA) is 29.5 Å². The predicted molar refractivity (Wildman–Crippen MR) is 219 cm³/mol. The minimum atomic E-state index is 0.867. The van der Waals surface area contributed by atoms with Crippen LogP contribution in [0.5, 0.6) is 0 Å². The van der Waals surface area contributed by atoms with E-state index in [-0.39, 0.29) is 0 Å². The third kappa shape index (κ3) is 4.38. The van der Waals surface area contributed by atoms with Gasteiger partial charge in [-0.25, -0.2) is 0 Å². The third-order valence-corrected chi connectivity index (χ3v) is 11.6. The number of thiophene rings is 1. The minimum Gasteiger partial charge on any atom is -0.456 e. The molecule has 4 heteroatoms. The van der Waals surface area contributed by atoms with Gasteiger partial charge in [0.2, 0.25) is 0 Å². The van der Waals surface area contributed by atoms with Crippen molar-refractivity contribution in [2.75, 3.05) is 4.90 Å². The van der Waals surface area contributed by atoms with Crippen molar-refractivity contribution in [2.24, 2.45) is 0 Å². The van der Waals surface area contributed by atoms with Crippen LogP contribution >= 0.6 is 11.3 Å². The van der Waals surface area contributed by atoms with Crippen LogP contribution in [0.4, 0.5) is 17.1 Å². The molecule has 0 N–H and O–H groups in total. The van der Waals surface area contributed by atoms with E-state index in [1.165, 1.54) is 31.3 Å². The summed E-state index contributed by atoms with van der Waals surface area (Å²) >= 11 is 1.86. The lowest BCUT2D eigenvalue weighted by Gasteiger charge is -2.27. The van der Waals surface area contributed by atoms with E-state index in [2.05, 4.69) is 163 Å². The Bertz CT molecular complexity index is 3130. The van der Waals surface area contributed by atoms with Gasteiger partial charge in [0, 0.05) is 42.9 Å². The molecule has 3 nitrogen and oxygen atoms in total. The first-order chi connectivity index (χ1) is 25.8. The van der Waals surface area contributed by atoms with Gasteiger partial charge in [-0.1, -0.05) is 133 Å². The molecule has 0 saturated carbocycles. The quantitative estimate of drug-likeness (QED) is 0.181. The van der Waals surface area contributed by atoms with Crippen molar-refractivity contribution in [3.05, 3.63) is 176 Å². The smallest absolute Gasteiger partial charge is 0.143 e. The number of nitrogens with zero attached hydrogens (tertiary/aromatic N) is 1. The van der Waals surface area contributed by atoms with Crippen molar-refractivity contribution in [1.29, 1.82) is 0 Å². The number of anilines is 3. The molecule has 0 radical (unpaired) electrons. The average molecular weight is 684 g/mol. The number of furan rings is 2. The molecule has 0 aliphatic heterocycles. The molecule has 0 aliphatic rings. The molecule has 0 saturated heterocycles. The summed E-state index contributed by atoms with van der Waals surface area (Å²) in [6.45, 7) is 0. The molecule has 0 bridgehead atoms. The number of hydrogen-bond donors (Lipinski definition) is 0. The summed E-state index contributed by atoms with van der Waals surface area (Å²) in [4.78, 5) is 2.41. The van der Waals surface area contributed by atoms with Crippen molar-refractivity contribution in [2.45, 2.75) is 0 Å². The van der Waals surface area contributed by atoms with Gasteiger partial charge in [0.05, 0.1) is 21.5 Å². The van der Waals surface area contributed by atoms with Crippen LogP contribution in [-0.2, 0) is 0 Å². The molecule has 8 aromatic carbocycles. The SMILES string of the molecule is c1ccc(-c2cccc3c2sc2c(N(c4ccc(-c5cccc6c5oc5ccccc56)cc4)c4cccc5oc6ccccc6c45)cccc23)cc1. The van der Waals surface area contributed by atoms with Crippen molar-refractivity contribution in [3.8, 4) is 22.3 Å². The summed E-state index contributed by atoms with van der Waals surface area (Å²) in [6, 6.07) is 62.4. The van der Waals surface area contributed by atoms with E-state index in [1.54, 1.807) is 0 Å². The zero-order valence-electron chi connectivity index (χ0n) is 27.9. The lowest BCUT2D eigenvalue weighted by Crippen LogP contribution is -2.10. The van der Waals surface area contributed by atoms with Gasteiger partial charge in [0.1, 0.15) is 22.3 Å². The summed E-state index contributed by atoms with van der Waals surface area (Å²) in [5.41, 5.74) is 11.5. The van der Waals surface area contributed by atoms with Crippen LogP contribution in [0.25, 0.3) is 86.3 Å². The van der Waals surface area contributed by atoms with Crippen molar-refractivity contribution >= 4 is 92.4 Å². The van der Waals surface area contributed by atoms with Crippen LogP contribution < -0.4 is 4.90 Å². The Morgan fingerprint density at radius 3 is 1.77 bits per heavy atom. The highest BCUT2D eigenvalue weighted by molar-refractivity contribution is 7.27. The summed E-state index contributed by atoms with van der Waals surface area (Å²) in [5, 5.41) is 6.97. The van der Waals surface area contributed by atoms with Gasteiger partial charge in [-0.05, 0) is 59.2 Å². The summed E-state index contributed by atoms with van der Waals surface area (Å²) in [5.74, 6) is 0. The Balaban J connectivity index is 1.15. The zero-order valence-corrected chi connectivity index (χ0v) is 28.7. The molecule has 244 valence electrons. The first kappa shape index (κ1) is 29.1. The molecule has 0 atom stereocenters. The molecule has 52 heavy (non-hydrogen) atoms. The standard InChI is InChI=1S/C48H29NO2S/c1-2-12-30(13-3-1)34-17-9-19-37-38-20-10-22-41(48(38)52-47(34)37)49(40-21-11-25-44-45(40)39-15-5-7-24-43(39)50-44)32-28-26-31(27-29-32)33-16-8-18-36-35-14-4-6-23-42(35)51-46(33)36/h1-29H. The van der Waals surface area contributed by atoms with Crippen LogP contribution in [0.1, 0.15) is 0 Å². The van der Waals surface area contributed by atoms with Gasteiger partial charge in [-0.3, -0.25) is 0 Å². The first-order valence-electron chi connectivity index (χ1n) is 17.5. The second-order valence-electron chi connectivity index (χ2n) is 13.2. The predicted octanol–water partition coefficient (Wildman–Crippen LogP) is 14.7. The monoisotopic (exact) mass is 683 g/mol. The third-order valence-electron chi connectivity index (χ3n) is 10.3. The van der Waals surface area contributed by atoms with Crippen molar-refractivity contribution < 1.29 is 8.83 Å². The fourth-order valence-electron chi connectivity index (χ4n) is 7.94. The molecule has 0 spiro atoms. The molecule has 11 aromatic rings. The Kier molecular flexibility index (Phi) is 6.42. The molecular weight excluding hydrogens is 655 g/mol. The second-order valence-corrected chi connectivity index (χ2v) is 14.2. The summed E-state index contributed by atoms with van der Waals surface area (Å²) in [7, 11) is 0. The highest BCUT2D eigenvalue weighted by Gasteiger charge is 2.23. The molecule has 11 rings (SSSR count). The normalized spacial score (nSPS) is 11.8. The number of fused-ring (bicyclic) bond motifs is 9. The average Bonchev–Trinajstić information content (AvgIpc) is 3.91. The molecule has 3 heterocycles. The second kappa shape index (κ2) is 11.5. The number of benzene rings is 8. The summed E-state index contributed by atoms with van der Waals surface area (Å²) < 4.78 is 15.4. The van der Waals surface area contributed by atoms with E-state index in [9.17, 15) is 0 Å². The van der Waals surface area contributed by atoms with Crippen molar-refractivity contribution in [3.63, 3.8) is 0 Å².